The zero-order valence-electron chi connectivity index (χ0n) is 18.0. The maximum atomic E-state index is 12.7. The molecule has 0 fully saturated rings. The van der Waals surface area contributed by atoms with Crippen LogP contribution in [-0.4, -0.2) is 20.9 Å². The minimum absolute atomic E-state index is 0.109. The largest absolute Gasteiger partial charge is 0.484 e. The van der Waals surface area contributed by atoms with Gasteiger partial charge in [0.1, 0.15) is 5.75 Å². The number of benzene rings is 3. The second-order valence-electron chi connectivity index (χ2n) is 7.53. The van der Waals surface area contributed by atoms with Crippen molar-refractivity contribution in [2.75, 3.05) is 16.6 Å². The Morgan fingerprint density at radius 3 is 2.19 bits per heavy atom. The van der Waals surface area contributed by atoms with Gasteiger partial charge in [-0.1, -0.05) is 18.2 Å². The molecule has 0 spiro atoms. The van der Waals surface area contributed by atoms with Crippen molar-refractivity contribution in [3.8, 4) is 5.75 Å². The number of hydrogen-bond donors (Lipinski definition) is 2. The van der Waals surface area contributed by atoms with Crippen LogP contribution in [0.3, 0.4) is 0 Å². The molecule has 1 amide bonds. The van der Waals surface area contributed by atoms with Crippen LogP contribution in [0.2, 0.25) is 0 Å². The molecule has 3 rings (SSSR count). The zero-order valence-corrected chi connectivity index (χ0v) is 18.8. The van der Waals surface area contributed by atoms with Crippen LogP contribution in [0.1, 0.15) is 22.3 Å². The molecule has 0 radical (unpaired) electrons. The maximum Gasteiger partial charge on any atom is 0.262 e. The SMILES string of the molecule is Cc1ccc(C)c(NS(=O)(=O)c2ccc(NC(=O)COc3ccc(C)c(C)c3)cc2)c1. The number of nitrogens with one attached hydrogen (secondary N) is 2. The van der Waals surface area contributed by atoms with E-state index >= 15 is 0 Å². The molecule has 162 valence electrons. The molecule has 0 aliphatic heterocycles. The van der Waals surface area contributed by atoms with Gasteiger partial charge in [0.15, 0.2) is 6.61 Å². The maximum absolute atomic E-state index is 12.7. The van der Waals surface area contributed by atoms with Gasteiger partial charge in [-0.3, -0.25) is 9.52 Å². The Kier molecular flexibility index (Phi) is 6.65. The predicted octanol–water partition coefficient (Wildman–Crippen LogP) is 4.74. The van der Waals surface area contributed by atoms with Gasteiger partial charge in [0.05, 0.1) is 10.6 Å². The quantitative estimate of drug-likeness (QED) is 0.558. The van der Waals surface area contributed by atoms with E-state index in [-0.39, 0.29) is 17.4 Å². The molecule has 6 nitrogen and oxygen atoms in total. The van der Waals surface area contributed by atoms with Gasteiger partial charge < -0.3 is 10.1 Å². The molecule has 0 heterocycles. The van der Waals surface area contributed by atoms with Gasteiger partial charge in [0.2, 0.25) is 0 Å². The van der Waals surface area contributed by atoms with Crippen LogP contribution in [0, 0.1) is 27.7 Å². The lowest BCUT2D eigenvalue weighted by atomic mass is 10.1. The van der Waals surface area contributed by atoms with Crippen LogP contribution in [-0.2, 0) is 14.8 Å². The van der Waals surface area contributed by atoms with E-state index in [4.69, 9.17) is 4.74 Å². The van der Waals surface area contributed by atoms with E-state index in [1.54, 1.807) is 18.2 Å². The van der Waals surface area contributed by atoms with Gasteiger partial charge in [-0.25, -0.2) is 8.42 Å². The Morgan fingerprint density at radius 2 is 1.52 bits per heavy atom. The first-order valence-corrected chi connectivity index (χ1v) is 11.3. The highest BCUT2D eigenvalue weighted by atomic mass is 32.2. The summed E-state index contributed by atoms with van der Waals surface area (Å²) < 4.78 is 33.5. The molecule has 0 aliphatic rings. The van der Waals surface area contributed by atoms with Crippen LogP contribution < -0.4 is 14.8 Å². The Bertz CT molecular complexity index is 1200. The van der Waals surface area contributed by atoms with Gasteiger partial charge >= 0.3 is 0 Å². The highest BCUT2D eigenvalue weighted by molar-refractivity contribution is 7.92. The summed E-state index contributed by atoms with van der Waals surface area (Å²) in [6, 6.07) is 17.2. The number of rotatable bonds is 7. The molecule has 3 aromatic rings. The molecule has 0 saturated heterocycles. The van der Waals surface area contributed by atoms with Crippen molar-refractivity contribution < 1.29 is 17.9 Å². The monoisotopic (exact) mass is 438 g/mol. The summed E-state index contributed by atoms with van der Waals surface area (Å²) in [5.41, 5.74) is 5.06. The number of carbonyl (C=O) groups is 1. The van der Waals surface area contributed by atoms with Crippen molar-refractivity contribution in [2.24, 2.45) is 0 Å². The fourth-order valence-corrected chi connectivity index (χ4v) is 4.04. The van der Waals surface area contributed by atoms with E-state index in [1.807, 2.05) is 58.0 Å². The van der Waals surface area contributed by atoms with E-state index in [1.165, 1.54) is 12.1 Å². The number of ether oxygens (including phenoxy) is 1. The Balaban J connectivity index is 1.61. The van der Waals surface area contributed by atoms with Crippen molar-refractivity contribution in [2.45, 2.75) is 32.6 Å². The summed E-state index contributed by atoms with van der Waals surface area (Å²) in [4.78, 5) is 12.3. The molecule has 7 heteroatoms. The first kappa shape index (κ1) is 22.4. The lowest BCUT2D eigenvalue weighted by Gasteiger charge is -2.12. The molecule has 0 saturated carbocycles. The van der Waals surface area contributed by atoms with Crippen LogP contribution in [0.4, 0.5) is 11.4 Å². The summed E-state index contributed by atoms with van der Waals surface area (Å²) in [7, 11) is -3.74. The number of carbonyl (C=O) groups excluding carboxylic acids is 1. The Labute approximate surface area is 183 Å². The molecule has 3 aromatic carbocycles. The molecule has 2 N–H and O–H groups in total. The summed E-state index contributed by atoms with van der Waals surface area (Å²) in [5, 5.41) is 2.70. The summed E-state index contributed by atoms with van der Waals surface area (Å²) in [6.45, 7) is 7.59. The van der Waals surface area contributed by atoms with E-state index in [0.29, 0.717) is 17.1 Å². The minimum Gasteiger partial charge on any atom is -0.484 e. The van der Waals surface area contributed by atoms with E-state index in [2.05, 4.69) is 10.0 Å². The summed E-state index contributed by atoms with van der Waals surface area (Å²) in [5.74, 6) is 0.291. The van der Waals surface area contributed by atoms with Gasteiger partial charge in [0, 0.05) is 5.69 Å². The number of hydrogen-bond acceptors (Lipinski definition) is 4. The average Bonchev–Trinajstić information content (AvgIpc) is 2.72. The number of amides is 1. The summed E-state index contributed by atoms with van der Waals surface area (Å²) >= 11 is 0. The molecular weight excluding hydrogens is 412 g/mol. The van der Waals surface area contributed by atoms with Crippen molar-refractivity contribution >= 4 is 27.3 Å². The standard InChI is InChI=1S/C24H26N2O4S/c1-16-5-6-18(3)23(13-16)26-31(28,29)22-11-8-20(9-12-22)25-24(27)15-30-21-10-7-17(2)19(4)14-21/h5-14,26H,15H2,1-4H3,(H,25,27). The van der Waals surface area contributed by atoms with E-state index < -0.39 is 10.0 Å². The normalized spacial score (nSPS) is 11.1. The third-order valence-corrected chi connectivity index (χ3v) is 6.32. The topological polar surface area (TPSA) is 84.5 Å². The Hall–Kier alpha value is -3.32. The first-order chi connectivity index (χ1) is 14.6. The first-order valence-electron chi connectivity index (χ1n) is 9.84. The molecule has 0 aromatic heterocycles. The number of sulfonamides is 1. The van der Waals surface area contributed by atoms with Gasteiger partial charge in [0.25, 0.3) is 15.9 Å². The average molecular weight is 439 g/mol. The highest BCUT2D eigenvalue weighted by Gasteiger charge is 2.15. The second-order valence-corrected chi connectivity index (χ2v) is 9.21. The second kappa shape index (κ2) is 9.22. The third-order valence-electron chi connectivity index (χ3n) is 4.93. The van der Waals surface area contributed by atoms with Crippen LogP contribution in [0.5, 0.6) is 5.75 Å². The fourth-order valence-electron chi connectivity index (χ4n) is 2.92. The minimum atomic E-state index is -3.74. The fraction of sp³-hybridized carbons (Fsp3) is 0.208. The van der Waals surface area contributed by atoms with Crippen molar-refractivity contribution in [3.05, 3.63) is 82.9 Å². The van der Waals surface area contributed by atoms with Gasteiger partial charge in [-0.05, 0) is 92.4 Å². The Morgan fingerprint density at radius 1 is 0.839 bits per heavy atom. The molecule has 31 heavy (non-hydrogen) atoms. The van der Waals surface area contributed by atoms with E-state index in [0.717, 1.165) is 22.3 Å². The number of anilines is 2. The van der Waals surface area contributed by atoms with Crippen LogP contribution in [0.25, 0.3) is 0 Å². The predicted molar refractivity (Wildman–Crippen MR) is 123 cm³/mol. The van der Waals surface area contributed by atoms with Crippen molar-refractivity contribution in [1.29, 1.82) is 0 Å². The van der Waals surface area contributed by atoms with Gasteiger partial charge in [-0.15, -0.1) is 0 Å². The highest BCUT2D eigenvalue weighted by Crippen LogP contribution is 2.22. The molecular formula is C24H26N2O4S. The van der Waals surface area contributed by atoms with Crippen LogP contribution >= 0.6 is 0 Å². The van der Waals surface area contributed by atoms with Gasteiger partial charge in [-0.2, -0.15) is 0 Å². The van der Waals surface area contributed by atoms with Crippen molar-refractivity contribution in [1.82, 2.24) is 0 Å². The summed E-state index contributed by atoms with van der Waals surface area (Å²) in [6.07, 6.45) is 0. The zero-order chi connectivity index (χ0) is 22.6. The molecule has 0 bridgehead atoms. The van der Waals surface area contributed by atoms with Crippen LogP contribution in [0.15, 0.2) is 65.6 Å². The smallest absolute Gasteiger partial charge is 0.262 e. The molecule has 0 aliphatic carbocycles. The van der Waals surface area contributed by atoms with E-state index in [9.17, 15) is 13.2 Å². The lowest BCUT2D eigenvalue weighted by Crippen LogP contribution is -2.20. The third kappa shape index (κ3) is 5.86. The number of aryl methyl sites for hydroxylation is 4. The molecule has 0 unspecified atom stereocenters. The molecule has 0 atom stereocenters. The lowest BCUT2D eigenvalue weighted by molar-refractivity contribution is -0.118. The van der Waals surface area contributed by atoms with Crippen molar-refractivity contribution in [3.63, 3.8) is 0 Å².